The van der Waals surface area contributed by atoms with Gasteiger partial charge in [-0.2, -0.15) is 0 Å². The van der Waals surface area contributed by atoms with Crippen molar-refractivity contribution in [1.29, 1.82) is 0 Å². The molecule has 0 bridgehead atoms. The van der Waals surface area contributed by atoms with Crippen molar-refractivity contribution in [2.24, 2.45) is 5.92 Å². The van der Waals surface area contributed by atoms with E-state index in [1.54, 1.807) is 18.2 Å². The van der Waals surface area contributed by atoms with Crippen LogP contribution in [-0.4, -0.2) is 31.1 Å². The number of ether oxygens (including phenoxy) is 2. The second-order valence-electron chi connectivity index (χ2n) is 6.05. The van der Waals surface area contributed by atoms with Crippen molar-refractivity contribution >= 4 is 35.2 Å². The van der Waals surface area contributed by atoms with Crippen molar-refractivity contribution in [2.75, 3.05) is 18.5 Å². The van der Waals surface area contributed by atoms with Gasteiger partial charge in [-0.15, -0.1) is 0 Å². The Labute approximate surface area is 164 Å². The molecule has 3 amide bonds. The molecule has 0 unspecified atom stereocenters. The van der Waals surface area contributed by atoms with E-state index in [4.69, 9.17) is 21.1 Å². The summed E-state index contributed by atoms with van der Waals surface area (Å²) in [4.78, 5) is 35.6. The number of hydrogen-bond acceptors (Lipinski definition) is 5. The van der Waals surface area contributed by atoms with Gasteiger partial charge in [0.1, 0.15) is 18.2 Å². The summed E-state index contributed by atoms with van der Waals surface area (Å²) >= 11 is 5.94. The van der Waals surface area contributed by atoms with Crippen molar-refractivity contribution < 1.29 is 28.2 Å². The molecule has 3 rings (SSSR count). The van der Waals surface area contributed by atoms with Gasteiger partial charge in [-0.1, -0.05) is 23.7 Å². The Morgan fingerprint density at radius 3 is 2.79 bits per heavy atom. The number of esters is 1. The number of carbonyl (C=O) groups excluding carboxylic acids is 3. The van der Waals surface area contributed by atoms with Gasteiger partial charge in [-0.25, -0.2) is 9.18 Å². The summed E-state index contributed by atoms with van der Waals surface area (Å²) in [5.41, 5.74) is 0.691. The predicted molar refractivity (Wildman–Crippen MR) is 98.7 cm³/mol. The summed E-state index contributed by atoms with van der Waals surface area (Å²) in [6.45, 7) is -0.536. The maximum Gasteiger partial charge on any atom is 0.326 e. The van der Waals surface area contributed by atoms with Gasteiger partial charge < -0.3 is 14.8 Å². The Morgan fingerprint density at radius 2 is 2.00 bits per heavy atom. The summed E-state index contributed by atoms with van der Waals surface area (Å²) in [6, 6.07) is 9.68. The molecule has 1 atom stereocenters. The Balaban J connectivity index is 1.46. The fraction of sp³-hybridized carbons (Fsp3) is 0.211. The highest BCUT2D eigenvalue weighted by Crippen LogP contribution is 2.30. The fourth-order valence-electron chi connectivity index (χ4n) is 2.65. The first-order valence-electron chi connectivity index (χ1n) is 8.35. The van der Waals surface area contributed by atoms with Crippen molar-refractivity contribution in [3.8, 4) is 5.75 Å². The predicted octanol–water partition coefficient (Wildman–Crippen LogP) is 2.92. The lowest BCUT2D eigenvalue weighted by Gasteiger charge is -2.24. The number of urea groups is 1. The van der Waals surface area contributed by atoms with E-state index >= 15 is 0 Å². The molecule has 1 aliphatic rings. The van der Waals surface area contributed by atoms with Crippen LogP contribution >= 0.6 is 11.6 Å². The Morgan fingerprint density at radius 1 is 1.21 bits per heavy atom. The van der Waals surface area contributed by atoms with Gasteiger partial charge in [-0.3, -0.25) is 14.9 Å². The number of hydrogen-bond donors (Lipinski definition) is 2. The lowest BCUT2D eigenvalue weighted by molar-refractivity contribution is -0.153. The second-order valence-corrected chi connectivity index (χ2v) is 6.49. The molecule has 0 fully saturated rings. The van der Waals surface area contributed by atoms with Gasteiger partial charge in [0.15, 0.2) is 6.61 Å². The number of nitrogens with one attached hydrogen (secondary N) is 2. The van der Waals surface area contributed by atoms with Gasteiger partial charge in [0.2, 0.25) is 0 Å². The molecular weight excluding hydrogens is 391 g/mol. The molecule has 2 N–H and O–H groups in total. The molecule has 0 radical (unpaired) electrons. The summed E-state index contributed by atoms with van der Waals surface area (Å²) < 4.78 is 23.9. The van der Waals surface area contributed by atoms with Crippen molar-refractivity contribution in [3.05, 3.63) is 58.9 Å². The standard InChI is InChI=1S/C19H16ClFN2O5/c20-13-5-6-16-11(8-13)7-12(9-27-16)18(25)28-10-17(24)23-19(26)22-15-4-2-1-3-14(15)21/h1-6,8,12H,7,9-10H2,(H2,22,23,24,26)/t12-/m0/s1. The number of fused-ring (bicyclic) bond motifs is 1. The van der Waals surface area contributed by atoms with Gasteiger partial charge >= 0.3 is 12.0 Å². The van der Waals surface area contributed by atoms with Crippen LogP contribution in [-0.2, 0) is 20.7 Å². The number of halogens is 2. The highest BCUT2D eigenvalue weighted by molar-refractivity contribution is 6.30. The average Bonchev–Trinajstić information content (AvgIpc) is 2.67. The zero-order valence-electron chi connectivity index (χ0n) is 14.5. The van der Waals surface area contributed by atoms with Crippen LogP contribution in [0, 0.1) is 11.7 Å². The molecule has 0 aromatic heterocycles. The Bertz CT molecular complexity index is 921. The van der Waals surface area contributed by atoms with Crippen LogP contribution in [0.15, 0.2) is 42.5 Å². The number of benzene rings is 2. The van der Waals surface area contributed by atoms with Crippen LogP contribution in [0.1, 0.15) is 5.56 Å². The third-order valence-corrected chi connectivity index (χ3v) is 4.22. The lowest BCUT2D eigenvalue weighted by Crippen LogP contribution is -2.38. The third-order valence-electron chi connectivity index (χ3n) is 3.98. The molecule has 1 heterocycles. The average molecular weight is 407 g/mol. The van der Waals surface area contributed by atoms with E-state index in [-0.39, 0.29) is 12.3 Å². The van der Waals surface area contributed by atoms with Gasteiger partial charge in [0, 0.05) is 5.02 Å². The molecule has 146 valence electrons. The second kappa shape index (κ2) is 8.71. The molecule has 1 aliphatic heterocycles. The van der Waals surface area contributed by atoms with Crippen LogP contribution in [0.3, 0.4) is 0 Å². The minimum atomic E-state index is -0.935. The highest BCUT2D eigenvalue weighted by Gasteiger charge is 2.28. The molecule has 9 heteroatoms. The van der Waals surface area contributed by atoms with E-state index in [1.165, 1.54) is 18.2 Å². The smallest absolute Gasteiger partial charge is 0.326 e. The number of amides is 3. The first-order valence-corrected chi connectivity index (χ1v) is 8.73. The largest absolute Gasteiger partial charge is 0.492 e. The monoisotopic (exact) mass is 406 g/mol. The summed E-state index contributed by atoms with van der Waals surface area (Å²) in [7, 11) is 0. The normalized spacial score (nSPS) is 15.0. The molecule has 0 saturated heterocycles. The van der Waals surface area contributed by atoms with E-state index in [2.05, 4.69) is 5.32 Å². The first kappa shape index (κ1) is 19.6. The first-order chi connectivity index (χ1) is 13.4. The van der Waals surface area contributed by atoms with Crippen molar-refractivity contribution in [3.63, 3.8) is 0 Å². The maximum absolute atomic E-state index is 13.5. The third kappa shape index (κ3) is 4.98. The molecule has 2 aromatic rings. The van der Waals surface area contributed by atoms with Crippen LogP contribution in [0.5, 0.6) is 5.75 Å². The fourth-order valence-corrected chi connectivity index (χ4v) is 2.84. The van der Waals surface area contributed by atoms with Gasteiger partial charge in [0.05, 0.1) is 11.6 Å². The summed E-state index contributed by atoms with van der Waals surface area (Å²) in [5, 5.41) is 4.67. The van der Waals surface area contributed by atoms with Crippen molar-refractivity contribution in [2.45, 2.75) is 6.42 Å². The van der Waals surface area contributed by atoms with Crippen LogP contribution < -0.4 is 15.4 Å². The van der Waals surface area contributed by atoms with E-state index in [9.17, 15) is 18.8 Å². The molecule has 0 saturated carbocycles. The van der Waals surface area contributed by atoms with Gasteiger partial charge in [-0.05, 0) is 42.3 Å². The molecular formula is C19H16ClFN2O5. The minimum Gasteiger partial charge on any atom is -0.492 e. The number of imide groups is 1. The van der Waals surface area contributed by atoms with Crippen LogP contribution in [0.2, 0.25) is 5.02 Å². The zero-order chi connectivity index (χ0) is 20.1. The summed E-state index contributed by atoms with van der Waals surface area (Å²) in [6.07, 6.45) is 0.365. The Kier molecular flexibility index (Phi) is 6.10. The van der Waals surface area contributed by atoms with Crippen LogP contribution in [0.4, 0.5) is 14.9 Å². The van der Waals surface area contributed by atoms with Crippen molar-refractivity contribution in [1.82, 2.24) is 5.32 Å². The highest BCUT2D eigenvalue weighted by atomic mass is 35.5. The van der Waals surface area contributed by atoms with E-state index in [0.717, 1.165) is 11.6 Å². The number of anilines is 1. The van der Waals surface area contributed by atoms with Crippen LogP contribution in [0.25, 0.3) is 0 Å². The minimum absolute atomic E-state index is 0.0820. The summed E-state index contributed by atoms with van der Waals surface area (Å²) in [5.74, 6) is -2.06. The molecule has 7 nitrogen and oxygen atoms in total. The molecule has 2 aromatic carbocycles. The quantitative estimate of drug-likeness (QED) is 0.761. The van der Waals surface area contributed by atoms with Gasteiger partial charge in [0.25, 0.3) is 5.91 Å². The van der Waals surface area contributed by atoms with E-state index in [1.807, 2.05) is 5.32 Å². The molecule has 0 aliphatic carbocycles. The van der Waals surface area contributed by atoms with E-state index in [0.29, 0.717) is 17.2 Å². The number of rotatable bonds is 4. The SMILES string of the molecule is O=C(COC(=O)[C@@H]1COc2ccc(Cl)cc2C1)NC(=O)Nc1ccccc1F. The Hall–Kier alpha value is -3.13. The zero-order valence-corrected chi connectivity index (χ0v) is 15.3. The lowest BCUT2D eigenvalue weighted by atomic mass is 9.97. The maximum atomic E-state index is 13.5. The molecule has 0 spiro atoms. The number of para-hydroxylation sites is 1. The molecule has 28 heavy (non-hydrogen) atoms. The number of carbonyl (C=O) groups is 3. The topological polar surface area (TPSA) is 93.7 Å². The van der Waals surface area contributed by atoms with E-state index < -0.39 is 36.2 Å².